The summed E-state index contributed by atoms with van der Waals surface area (Å²) >= 11 is 0. The summed E-state index contributed by atoms with van der Waals surface area (Å²) in [5.74, 6) is 0.801. The van der Waals surface area contributed by atoms with Crippen LogP contribution in [-0.4, -0.2) is 6.54 Å². The van der Waals surface area contributed by atoms with Crippen LogP contribution < -0.4 is 5.73 Å². The van der Waals surface area contributed by atoms with Gasteiger partial charge >= 0.3 is 0 Å². The summed E-state index contributed by atoms with van der Waals surface area (Å²) in [6.07, 6.45) is 0. The highest BCUT2D eigenvalue weighted by atomic mass is 14.8. The molecule has 2 unspecified atom stereocenters. The predicted octanol–water partition coefficient (Wildman–Crippen LogP) is 1.63. The minimum absolute atomic E-state index is 0.424. The van der Waals surface area contributed by atoms with Gasteiger partial charge in [0.15, 0.2) is 0 Å². The van der Waals surface area contributed by atoms with Crippen molar-refractivity contribution in [2.24, 2.45) is 22.5 Å². The molecule has 2 N–H and O–H groups in total. The third-order valence-corrected chi connectivity index (χ3v) is 3.85. The molecular formula is C8H17N. The highest BCUT2D eigenvalue weighted by Gasteiger charge is 2.63. The van der Waals surface area contributed by atoms with Crippen molar-refractivity contribution in [1.82, 2.24) is 0 Å². The molecule has 1 heteroatoms. The van der Waals surface area contributed by atoms with Gasteiger partial charge in [0.2, 0.25) is 0 Å². The molecule has 0 heterocycles. The van der Waals surface area contributed by atoms with Gasteiger partial charge in [-0.3, -0.25) is 0 Å². The zero-order valence-corrected chi connectivity index (χ0v) is 6.86. The zero-order valence-electron chi connectivity index (χ0n) is 6.86. The molecule has 1 saturated carbocycles. The Labute approximate surface area is 57.6 Å². The lowest BCUT2D eigenvalue weighted by atomic mass is 9.99. The van der Waals surface area contributed by atoms with Crippen LogP contribution in [0, 0.1) is 16.7 Å². The summed E-state index contributed by atoms with van der Waals surface area (Å²) in [6.45, 7) is 9.99. The molecule has 1 aliphatic carbocycles. The van der Waals surface area contributed by atoms with Crippen LogP contribution in [0.25, 0.3) is 0 Å². The average molecular weight is 127 g/mol. The summed E-state index contributed by atoms with van der Waals surface area (Å²) in [5, 5.41) is 0. The fourth-order valence-corrected chi connectivity index (χ4v) is 1.82. The standard InChI is InChI=1S/C8H17N/c1-6-7(2,3)8(6,4)5-9/h6H,5,9H2,1-4H3. The van der Waals surface area contributed by atoms with Gasteiger partial charge < -0.3 is 5.73 Å². The third-order valence-electron chi connectivity index (χ3n) is 3.85. The second kappa shape index (κ2) is 1.51. The zero-order chi connectivity index (χ0) is 7.28. The smallest absolute Gasteiger partial charge is 0.00152 e. The van der Waals surface area contributed by atoms with Crippen LogP contribution in [0.1, 0.15) is 27.7 Å². The number of hydrogen-bond acceptors (Lipinski definition) is 1. The maximum Gasteiger partial charge on any atom is -0.00152 e. The van der Waals surface area contributed by atoms with Crippen molar-refractivity contribution in [3.8, 4) is 0 Å². The molecule has 1 fully saturated rings. The van der Waals surface area contributed by atoms with Crippen LogP contribution in [-0.2, 0) is 0 Å². The lowest BCUT2D eigenvalue weighted by molar-refractivity contribution is 0.428. The first kappa shape index (κ1) is 7.07. The van der Waals surface area contributed by atoms with Gasteiger partial charge in [0.1, 0.15) is 0 Å². The third kappa shape index (κ3) is 0.586. The number of rotatable bonds is 1. The monoisotopic (exact) mass is 127 g/mol. The Balaban J connectivity index is 2.70. The maximum atomic E-state index is 5.63. The normalized spacial score (nSPS) is 47.0. The van der Waals surface area contributed by atoms with E-state index in [-0.39, 0.29) is 0 Å². The Morgan fingerprint density at radius 2 is 1.67 bits per heavy atom. The van der Waals surface area contributed by atoms with Crippen molar-refractivity contribution in [3.05, 3.63) is 0 Å². The quantitative estimate of drug-likeness (QED) is 0.569. The maximum absolute atomic E-state index is 5.63. The summed E-state index contributed by atoms with van der Waals surface area (Å²) in [4.78, 5) is 0. The number of hydrogen-bond donors (Lipinski definition) is 1. The lowest BCUT2D eigenvalue weighted by Crippen LogP contribution is -2.17. The molecule has 54 valence electrons. The van der Waals surface area contributed by atoms with E-state index < -0.39 is 0 Å². The van der Waals surface area contributed by atoms with Gasteiger partial charge in [-0.2, -0.15) is 0 Å². The summed E-state index contributed by atoms with van der Waals surface area (Å²) < 4.78 is 0. The van der Waals surface area contributed by atoms with Crippen molar-refractivity contribution in [3.63, 3.8) is 0 Å². The molecule has 0 bridgehead atoms. The van der Waals surface area contributed by atoms with Crippen LogP contribution in [0.3, 0.4) is 0 Å². The molecule has 0 aromatic carbocycles. The van der Waals surface area contributed by atoms with Gasteiger partial charge in [0.05, 0.1) is 0 Å². The first-order chi connectivity index (χ1) is 3.97. The van der Waals surface area contributed by atoms with Crippen molar-refractivity contribution >= 4 is 0 Å². The second-order valence-corrected chi connectivity index (χ2v) is 4.06. The fourth-order valence-electron chi connectivity index (χ4n) is 1.82. The van der Waals surface area contributed by atoms with E-state index in [0.29, 0.717) is 10.8 Å². The Morgan fingerprint density at radius 3 is 1.67 bits per heavy atom. The van der Waals surface area contributed by atoms with Crippen molar-refractivity contribution in [1.29, 1.82) is 0 Å². The van der Waals surface area contributed by atoms with Crippen LogP contribution >= 0.6 is 0 Å². The molecule has 0 spiro atoms. The fraction of sp³-hybridized carbons (Fsp3) is 1.00. The largest absolute Gasteiger partial charge is 0.330 e. The highest BCUT2D eigenvalue weighted by Crippen LogP contribution is 2.67. The van der Waals surface area contributed by atoms with Gasteiger partial charge in [-0.1, -0.05) is 27.7 Å². The molecule has 2 atom stereocenters. The van der Waals surface area contributed by atoms with E-state index in [1.165, 1.54) is 0 Å². The van der Waals surface area contributed by atoms with Crippen molar-refractivity contribution in [2.45, 2.75) is 27.7 Å². The minimum atomic E-state index is 0.424. The van der Waals surface area contributed by atoms with Gasteiger partial charge in [-0.25, -0.2) is 0 Å². The first-order valence-corrected chi connectivity index (χ1v) is 3.67. The molecule has 0 aliphatic heterocycles. The van der Waals surface area contributed by atoms with Gasteiger partial charge in [-0.05, 0) is 23.3 Å². The van der Waals surface area contributed by atoms with E-state index in [1.54, 1.807) is 0 Å². The van der Waals surface area contributed by atoms with E-state index >= 15 is 0 Å². The topological polar surface area (TPSA) is 26.0 Å². The summed E-state index contributed by atoms with van der Waals surface area (Å²) in [5.41, 5.74) is 6.55. The Kier molecular flexibility index (Phi) is 1.19. The molecular weight excluding hydrogens is 110 g/mol. The Morgan fingerprint density at radius 1 is 1.33 bits per heavy atom. The molecule has 1 rings (SSSR count). The van der Waals surface area contributed by atoms with Crippen LogP contribution in [0.4, 0.5) is 0 Å². The Hall–Kier alpha value is -0.0400. The summed E-state index contributed by atoms with van der Waals surface area (Å²) in [7, 11) is 0. The van der Waals surface area contributed by atoms with Gasteiger partial charge in [0, 0.05) is 0 Å². The molecule has 1 aliphatic rings. The van der Waals surface area contributed by atoms with E-state index in [2.05, 4.69) is 27.7 Å². The SMILES string of the molecule is CC1C(C)(C)C1(C)CN. The highest BCUT2D eigenvalue weighted by molar-refractivity contribution is 5.13. The van der Waals surface area contributed by atoms with E-state index in [9.17, 15) is 0 Å². The molecule has 0 saturated heterocycles. The van der Waals surface area contributed by atoms with E-state index in [1.807, 2.05) is 0 Å². The molecule has 9 heavy (non-hydrogen) atoms. The molecule has 0 amide bonds. The number of nitrogens with two attached hydrogens (primary N) is 1. The first-order valence-electron chi connectivity index (χ1n) is 3.67. The van der Waals surface area contributed by atoms with E-state index in [4.69, 9.17) is 5.73 Å². The average Bonchev–Trinajstić information content (AvgIpc) is 2.16. The summed E-state index contributed by atoms with van der Waals surface area (Å²) in [6, 6.07) is 0. The molecule has 0 aromatic heterocycles. The molecule has 0 aromatic rings. The van der Waals surface area contributed by atoms with Crippen molar-refractivity contribution < 1.29 is 0 Å². The second-order valence-electron chi connectivity index (χ2n) is 4.06. The van der Waals surface area contributed by atoms with Crippen LogP contribution in [0.15, 0.2) is 0 Å². The predicted molar refractivity (Wildman–Crippen MR) is 40.1 cm³/mol. The lowest BCUT2D eigenvalue weighted by Gasteiger charge is -2.09. The Bertz CT molecular complexity index is 129. The molecule has 0 radical (unpaired) electrons. The van der Waals surface area contributed by atoms with Crippen molar-refractivity contribution in [2.75, 3.05) is 6.54 Å². The van der Waals surface area contributed by atoms with Crippen LogP contribution in [0.5, 0.6) is 0 Å². The van der Waals surface area contributed by atoms with Gasteiger partial charge in [0.25, 0.3) is 0 Å². The van der Waals surface area contributed by atoms with E-state index in [0.717, 1.165) is 12.5 Å². The van der Waals surface area contributed by atoms with Crippen LogP contribution in [0.2, 0.25) is 0 Å². The van der Waals surface area contributed by atoms with Gasteiger partial charge in [-0.15, -0.1) is 0 Å². The molecule has 1 nitrogen and oxygen atoms in total. The minimum Gasteiger partial charge on any atom is -0.330 e.